The van der Waals surface area contributed by atoms with E-state index in [1.807, 2.05) is 37.3 Å². The lowest BCUT2D eigenvalue weighted by Gasteiger charge is -2.09. The minimum Gasteiger partial charge on any atom is -0.468 e. The van der Waals surface area contributed by atoms with Crippen LogP contribution in [-0.4, -0.2) is 71.9 Å². The highest BCUT2D eigenvalue weighted by Gasteiger charge is 2.16. The number of anilines is 2. The molecule has 0 spiro atoms. The maximum atomic E-state index is 8.94. The molecule has 0 radical (unpaired) electrons. The Morgan fingerprint density at radius 2 is 1.40 bits per heavy atom. The summed E-state index contributed by atoms with van der Waals surface area (Å²) >= 11 is 5.67. The van der Waals surface area contributed by atoms with Gasteiger partial charge in [0.1, 0.15) is 5.75 Å². The number of para-hydroxylation sites is 1. The van der Waals surface area contributed by atoms with E-state index in [1.165, 1.54) is 7.11 Å². The van der Waals surface area contributed by atoms with Gasteiger partial charge in [0.2, 0.25) is 0 Å². The highest BCUT2D eigenvalue weighted by Crippen LogP contribution is 2.28. The van der Waals surface area contributed by atoms with Crippen molar-refractivity contribution in [2.24, 2.45) is 0 Å². The third kappa shape index (κ3) is 8.84. The SMILES string of the molecule is COCOc1ccccc1B(O)O.Cc1ccccc1-c1cc(-c2cn[nH]c2)c(N)nn1.Nc1nnc(Cl)cc1-c1cn[nH]c1. The van der Waals surface area contributed by atoms with Gasteiger partial charge in [-0.25, -0.2) is 0 Å². The van der Waals surface area contributed by atoms with Crippen LogP contribution in [0.25, 0.3) is 33.5 Å². The molecule has 0 atom stereocenters. The number of aromatic amines is 2. The summed E-state index contributed by atoms with van der Waals surface area (Å²) in [5, 5.41) is 46.9. The van der Waals surface area contributed by atoms with Crippen molar-refractivity contribution in [3.8, 4) is 39.3 Å². The zero-order valence-electron chi connectivity index (χ0n) is 24.3. The number of ether oxygens (including phenoxy) is 2. The van der Waals surface area contributed by atoms with Crippen LogP contribution in [-0.2, 0) is 4.74 Å². The van der Waals surface area contributed by atoms with E-state index in [4.69, 9.17) is 42.6 Å². The van der Waals surface area contributed by atoms with Crippen LogP contribution in [0.2, 0.25) is 5.15 Å². The summed E-state index contributed by atoms with van der Waals surface area (Å²) in [6.07, 6.45) is 6.86. The molecule has 8 N–H and O–H groups in total. The van der Waals surface area contributed by atoms with Crippen molar-refractivity contribution in [3.05, 3.63) is 96.2 Å². The average molecular weight is 629 g/mol. The van der Waals surface area contributed by atoms with Crippen molar-refractivity contribution in [3.63, 3.8) is 0 Å². The molecule has 0 saturated carbocycles. The van der Waals surface area contributed by atoms with Gasteiger partial charge in [-0.15, -0.1) is 20.4 Å². The lowest BCUT2D eigenvalue weighted by molar-refractivity contribution is 0.0517. The van der Waals surface area contributed by atoms with Gasteiger partial charge in [0.05, 0.1) is 18.1 Å². The van der Waals surface area contributed by atoms with E-state index in [0.29, 0.717) is 28.0 Å². The van der Waals surface area contributed by atoms with Crippen molar-refractivity contribution < 1.29 is 19.5 Å². The predicted octanol–water partition coefficient (Wildman–Crippen LogP) is 2.88. The maximum absolute atomic E-state index is 8.94. The Hall–Kier alpha value is -5.35. The zero-order valence-corrected chi connectivity index (χ0v) is 25.1. The molecule has 16 heteroatoms. The first kappa shape index (κ1) is 32.6. The van der Waals surface area contributed by atoms with Gasteiger partial charge < -0.3 is 31.0 Å². The third-order valence-electron chi connectivity index (χ3n) is 6.18. The molecule has 0 aliphatic heterocycles. The number of methoxy groups -OCH3 is 1. The largest absolute Gasteiger partial charge is 0.492 e. The number of H-pyrrole nitrogens is 2. The van der Waals surface area contributed by atoms with Gasteiger partial charge in [-0.2, -0.15) is 10.2 Å². The molecule has 14 nitrogen and oxygen atoms in total. The molecule has 4 heterocycles. The van der Waals surface area contributed by atoms with Gasteiger partial charge >= 0.3 is 7.12 Å². The number of nitrogens with one attached hydrogen (secondary N) is 2. The number of nitrogens with two attached hydrogens (primary N) is 2. The molecule has 0 fully saturated rings. The number of nitrogens with zero attached hydrogens (tertiary/aromatic N) is 6. The zero-order chi connectivity index (χ0) is 32.2. The molecule has 45 heavy (non-hydrogen) atoms. The standard InChI is InChI=1S/C14H13N5.C8H11BO4.C7H6ClN5/c1-9-4-2-3-5-11(9)13-6-12(14(15)19-18-13)10-7-16-17-8-10;1-12-6-13-8-5-3-2-4-7(8)9(10)11;8-6-1-5(7(9)13-12-6)4-2-10-11-3-4/h2-8H,1H3,(H2,15,19)(H,16,17);2-5,10-11H,6H2,1H3;1-3H,(H2,9,13)(H,10,11). The fraction of sp³-hybridized carbons (Fsp3) is 0.103. The molecule has 0 aliphatic carbocycles. The Morgan fingerprint density at radius 3 is 2.00 bits per heavy atom. The summed E-state index contributed by atoms with van der Waals surface area (Å²) in [5.41, 5.74) is 18.2. The Morgan fingerprint density at radius 1 is 0.800 bits per heavy atom. The number of aromatic nitrogens is 8. The summed E-state index contributed by atoms with van der Waals surface area (Å²) in [5.74, 6) is 1.16. The summed E-state index contributed by atoms with van der Waals surface area (Å²) in [6, 6.07) is 18.3. The highest BCUT2D eigenvalue weighted by atomic mass is 35.5. The van der Waals surface area contributed by atoms with Gasteiger partial charge in [-0.3, -0.25) is 10.2 Å². The second kappa shape index (κ2) is 15.9. The van der Waals surface area contributed by atoms with Crippen molar-refractivity contribution in [1.29, 1.82) is 0 Å². The quantitative estimate of drug-likeness (QED) is 0.111. The van der Waals surface area contributed by atoms with Gasteiger partial charge in [0.25, 0.3) is 0 Å². The molecular formula is C29H30BClN10O4. The molecule has 0 amide bonds. The summed E-state index contributed by atoms with van der Waals surface area (Å²) < 4.78 is 9.80. The van der Waals surface area contributed by atoms with Crippen LogP contribution in [0.4, 0.5) is 11.6 Å². The average Bonchev–Trinajstić information content (AvgIpc) is 3.78. The molecule has 0 aliphatic rings. The highest BCUT2D eigenvalue weighted by molar-refractivity contribution is 6.59. The number of aryl methyl sites for hydroxylation is 1. The number of nitrogen functional groups attached to an aromatic ring is 2. The van der Waals surface area contributed by atoms with Crippen LogP contribution in [0.3, 0.4) is 0 Å². The maximum Gasteiger partial charge on any atom is 0.492 e. The number of benzene rings is 2. The molecular weight excluding hydrogens is 599 g/mol. The van der Waals surface area contributed by atoms with Crippen LogP contribution >= 0.6 is 11.6 Å². The molecule has 0 bridgehead atoms. The van der Waals surface area contributed by atoms with Gasteiger partial charge in [-0.05, 0) is 30.7 Å². The minimum atomic E-state index is -1.52. The fourth-order valence-electron chi connectivity index (χ4n) is 3.98. The van der Waals surface area contributed by atoms with E-state index in [0.717, 1.165) is 39.1 Å². The fourth-order valence-corrected chi connectivity index (χ4v) is 4.12. The summed E-state index contributed by atoms with van der Waals surface area (Å²) in [4.78, 5) is 0. The van der Waals surface area contributed by atoms with Gasteiger partial charge in [-0.1, -0.05) is 54.1 Å². The van der Waals surface area contributed by atoms with E-state index in [9.17, 15) is 0 Å². The summed E-state index contributed by atoms with van der Waals surface area (Å²) in [6.45, 7) is 2.13. The second-order valence-electron chi connectivity index (χ2n) is 9.25. The normalized spacial score (nSPS) is 10.2. The third-order valence-corrected chi connectivity index (χ3v) is 6.37. The first-order valence-corrected chi connectivity index (χ1v) is 13.7. The Kier molecular flexibility index (Phi) is 11.5. The molecule has 4 aromatic heterocycles. The molecule has 0 saturated heterocycles. The molecule has 2 aromatic carbocycles. The Bertz CT molecular complexity index is 1790. The second-order valence-corrected chi connectivity index (χ2v) is 9.63. The van der Waals surface area contributed by atoms with Crippen LogP contribution < -0.4 is 21.7 Å². The minimum absolute atomic E-state index is 0.0870. The van der Waals surface area contributed by atoms with Crippen molar-refractivity contribution in [2.45, 2.75) is 6.92 Å². The topological polar surface area (TPSA) is 220 Å². The first-order valence-electron chi connectivity index (χ1n) is 13.3. The smallest absolute Gasteiger partial charge is 0.468 e. The monoisotopic (exact) mass is 628 g/mol. The lowest BCUT2D eigenvalue weighted by atomic mass is 9.80. The Balaban J connectivity index is 0.000000159. The van der Waals surface area contributed by atoms with E-state index in [1.54, 1.807) is 55.1 Å². The van der Waals surface area contributed by atoms with Crippen LogP contribution in [0.5, 0.6) is 5.75 Å². The van der Waals surface area contributed by atoms with Gasteiger partial charge in [0, 0.05) is 52.8 Å². The molecule has 0 unspecified atom stereocenters. The van der Waals surface area contributed by atoms with Crippen molar-refractivity contribution in [2.75, 3.05) is 25.4 Å². The van der Waals surface area contributed by atoms with Crippen LogP contribution in [0.1, 0.15) is 5.56 Å². The molecule has 230 valence electrons. The molecule has 6 aromatic rings. The van der Waals surface area contributed by atoms with E-state index >= 15 is 0 Å². The first-order chi connectivity index (χ1) is 21.8. The number of hydrogen-bond acceptors (Lipinski definition) is 12. The van der Waals surface area contributed by atoms with Gasteiger partial charge in [0.15, 0.2) is 23.6 Å². The van der Waals surface area contributed by atoms with E-state index in [-0.39, 0.29) is 6.79 Å². The van der Waals surface area contributed by atoms with Crippen LogP contribution in [0.15, 0.2) is 85.5 Å². The van der Waals surface area contributed by atoms with Crippen molar-refractivity contribution in [1.82, 2.24) is 40.8 Å². The lowest BCUT2D eigenvalue weighted by Crippen LogP contribution is -2.31. The van der Waals surface area contributed by atoms with Crippen molar-refractivity contribution >= 4 is 35.8 Å². The van der Waals surface area contributed by atoms with E-state index < -0.39 is 7.12 Å². The number of rotatable bonds is 7. The number of hydrogen-bond donors (Lipinski definition) is 6. The number of halogens is 1. The van der Waals surface area contributed by atoms with Crippen LogP contribution in [0, 0.1) is 6.92 Å². The predicted molar refractivity (Wildman–Crippen MR) is 172 cm³/mol. The Labute approximate surface area is 263 Å². The molecule has 6 rings (SSSR count). The summed E-state index contributed by atoms with van der Waals surface area (Å²) in [7, 11) is -0.0223. The van der Waals surface area contributed by atoms with E-state index in [2.05, 4.69) is 40.8 Å².